The Kier molecular flexibility index (Phi) is 7.32. The molecule has 1 heterocycles. The van der Waals surface area contributed by atoms with Crippen LogP contribution >= 0.6 is 0 Å². The molecule has 0 aliphatic carbocycles. The summed E-state index contributed by atoms with van der Waals surface area (Å²) in [5.74, 6) is 0.165. The van der Waals surface area contributed by atoms with E-state index < -0.39 is 0 Å². The quantitative estimate of drug-likeness (QED) is 0.665. The van der Waals surface area contributed by atoms with Crippen LogP contribution in [0.2, 0.25) is 0 Å². The van der Waals surface area contributed by atoms with Gasteiger partial charge in [-0.25, -0.2) is 4.79 Å². The summed E-state index contributed by atoms with van der Waals surface area (Å²) < 4.78 is 4.88. The maximum atomic E-state index is 12.0. The van der Waals surface area contributed by atoms with Gasteiger partial charge in [-0.1, -0.05) is 0 Å². The number of nitrogens with zero attached hydrogens (tertiary/aromatic N) is 3. The molecule has 1 saturated heterocycles. The summed E-state index contributed by atoms with van der Waals surface area (Å²) in [5, 5.41) is 2.79. The molecule has 3 amide bonds. The standard InChI is InChI=1S/C13H26N4O3/c1-15(2)6-4-12(18)16-7-9-17(10-8-16)13(19)14-5-11-20-3/h4-11H2,1-3H3,(H,14,19). The minimum atomic E-state index is -0.0811. The zero-order valence-electron chi connectivity index (χ0n) is 12.7. The minimum absolute atomic E-state index is 0.0811. The average Bonchev–Trinajstić information content (AvgIpc) is 2.45. The lowest BCUT2D eigenvalue weighted by molar-refractivity contribution is -0.132. The Morgan fingerprint density at radius 2 is 1.75 bits per heavy atom. The van der Waals surface area contributed by atoms with Crippen molar-refractivity contribution in [3.05, 3.63) is 0 Å². The normalized spacial score (nSPS) is 15.6. The van der Waals surface area contributed by atoms with Gasteiger partial charge in [-0.05, 0) is 14.1 Å². The van der Waals surface area contributed by atoms with E-state index in [1.54, 1.807) is 12.0 Å². The van der Waals surface area contributed by atoms with Gasteiger partial charge in [0.05, 0.1) is 6.61 Å². The van der Waals surface area contributed by atoms with E-state index in [4.69, 9.17) is 4.74 Å². The lowest BCUT2D eigenvalue weighted by Crippen LogP contribution is -2.53. The third-order valence-electron chi connectivity index (χ3n) is 3.27. The molecule has 0 atom stereocenters. The van der Waals surface area contributed by atoms with Crippen LogP contribution in [-0.4, -0.2) is 93.7 Å². The number of methoxy groups -OCH3 is 1. The number of hydrogen-bond acceptors (Lipinski definition) is 4. The molecule has 20 heavy (non-hydrogen) atoms. The van der Waals surface area contributed by atoms with Crippen LogP contribution in [0.3, 0.4) is 0 Å². The van der Waals surface area contributed by atoms with Crippen LogP contribution in [0.15, 0.2) is 0 Å². The van der Waals surface area contributed by atoms with Crippen LogP contribution in [0, 0.1) is 0 Å². The highest BCUT2D eigenvalue weighted by molar-refractivity contribution is 5.77. The zero-order valence-corrected chi connectivity index (χ0v) is 12.7. The fraction of sp³-hybridized carbons (Fsp3) is 0.846. The third-order valence-corrected chi connectivity index (χ3v) is 3.27. The van der Waals surface area contributed by atoms with Crippen molar-refractivity contribution in [2.45, 2.75) is 6.42 Å². The summed E-state index contributed by atoms with van der Waals surface area (Å²) in [6.45, 7) is 4.19. The lowest BCUT2D eigenvalue weighted by Gasteiger charge is -2.35. The van der Waals surface area contributed by atoms with E-state index in [2.05, 4.69) is 5.32 Å². The first-order valence-electron chi connectivity index (χ1n) is 6.99. The SMILES string of the molecule is COCCNC(=O)N1CCN(C(=O)CCN(C)C)CC1. The molecule has 0 aromatic heterocycles. The van der Waals surface area contributed by atoms with Gasteiger partial charge in [0.1, 0.15) is 0 Å². The van der Waals surface area contributed by atoms with Crippen molar-refractivity contribution in [3.63, 3.8) is 0 Å². The molecule has 0 saturated carbocycles. The molecule has 7 nitrogen and oxygen atoms in total. The molecule has 1 aliphatic heterocycles. The summed E-state index contributed by atoms with van der Waals surface area (Å²) in [6, 6.07) is -0.0811. The van der Waals surface area contributed by atoms with Gasteiger partial charge in [0, 0.05) is 52.8 Å². The average molecular weight is 286 g/mol. The molecular formula is C13H26N4O3. The number of hydrogen-bond donors (Lipinski definition) is 1. The highest BCUT2D eigenvalue weighted by atomic mass is 16.5. The van der Waals surface area contributed by atoms with E-state index >= 15 is 0 Å². The predicted octanol–water partition coefficient (Wildman–Crippen LogP) is -0.562. The van der Waals surface area contributed by atoms with Crippen LogP contribution in [0.5, 0.6) is 0 Å². The molecule has 1 fully saturated rings. The zero-order chi connectivity index (χ0) is 15.0. The van der Waals surface area contributed by atoms with E-state index in [1.807, 2.05) is 23.9 Å². The van der Waals surface area contributed by atoms with Crippen molar-refractivity contribution >= 4 is 11.9 Å². The molecule has 0 radical (unpaired) electrons. The van der Waals surface area contributed by atoms with Crippen LogP contribution in [0.4, 0.5) is 4.79 Å². The van der Waals surface area contributed by atoms with E-state index in [9.17, 15) is 9.59 Å². The molecule has 0 unspecified atom stereocenters. The lowest BCUT2D eigenvalue weighted by atomic mass is 10.2. The van der Waals surface area contributed by atoms with Gasteiger partial charge in [0.25, 0.3) is 0 Å². The van der Waals surface area contributed by atoms with Crippen molar-refractivity contribution < 1.29 is 14.3 Å². The monoisotopic (exact) mass is 286 g/mol. The molecule has 0 aromatic carbocycles. The summed E-state index contributed by atoms with van der Waals surface area (Å²) in [7, 11) is 5.51. The first-order valence-corrected chi connectivity index (χ1v) is 6.99. The maximum Gasteiger partial charge on any atom is 0.317 e. The number of piperazine rings is 1. The van der Waals surface area contributed by atoms with E-state index in [-0.39, 0.29) is 11.9 Å². The smallest absolute Gasteiger partial charge is 0.317 e. The minimum Gasteiger partial charge on any atom is -0.383 e. The Morgan fingerprint density at radius 1 is 1.15 bits per heavy atom. The van der Waals surface area contributed by atoms with Gasteiger partial charge in [0.2, 0.25) is 5.91 Å². The fourth-order valence-corrected chi connectivity index (χ4v) is 2.01. The first kappa shape index (κ1) is 16.7. The molecule has 7 heteroatoms. The Hall–Kier alpha value is -1.34. The number of nitrogens with one attached hydrogen (secondary N) is 1. The van der Waals surface area contributed by atoms with Gasteiger partial charge < -0.3 is 24.8 Å². The number of urea groups is 1. The highest BCUT2D eigenvalue weighted by Crippen LogP contribution is 2.04. The third kappa shape index (κ3) is 5.75. The van der Waals surface area contributed by atoms with E-state index in [0.29, 0.717) is 45.8 Å². The topological polar surface area (TPSA) is 65.1 Å². The molecule has 116 valence electrons. The van der Waals surface area contributed by atoms with Crippen molar-refractivity contribution in [1.82, 2.24) is 20.0 Å². The second kappa shape index (κ2) is 8.76. The predicted molar refractivity (Wildman–Crippen MR) is 76.6 cm³/mol. The van der Waals surface area contributed by atoms with Gasteiger partial charge in [-0.15, -0.1) is 0 Å². The summed E-state index contributed by atoms with van der Waals surface area (Å²) in [6.07, 6.45) is 0.535. The first-order chi connectivity index (χ1) is 9.54. The summed E-state index contributed by atoms with van der Waals surface area (Å²) in [4.78, 5) is 29.3. The van der Waals surface area contributed by atoms with Crippen molar-refractivity contribution in [1.29, 1.82) is 0 Å². The number of amides is 3. The van der Waals surface area contributed by atoms with Crippen molar-refractivity contribution in [2.75, 3.05) is 67.1 Å². The number of rotatable bonds is 6. The largest absolute Gasteiger partial charge is 0.383 e. The highest BCUT2D eigenvalue weighted by Gasteiger charge is 2.23. The fourth-order valence-electron chi connectivity index (χ4n) is 2.01. The number of carbonyl (C=O) groups is 2. The molecule has 1 rings (SSSR count). The Balaban J connectivity index is 2.25. The second-order valence-electron chi connectivity index (χ2n) is 5.15. The molecule has 0 aromatic rings. The van der Waals surface area contributed by atoms with Gasteiger partial charge in [0.15, 0.2) is 0 Å². The van der Waals surface area contributed by atoms with E-state index in [0.717, 1.165) is 6.54 Å². The summed E-state index contributed by atoms with van der Waals surface area (Å²) in [5.41, 5.74) is 0. The molecule has 0 bridgehead atoms. The number of ether oxygens (including phenoxy) is 1. The van der Waals surface area contributed by atoms with Gasteiger partial charge in [-0.3, -0.25) is 4.79 Å². The molecule has 0 spiro atoms. The Bertz CT molecular complexity index is 315. The van der Waals surface area contributed by atoms with Crippen LogP contribution in [0.1, 0.15) is 6.42 Å². The van der Waals surface area contributed by atoms with Crippen molar-refractivity contribution in [2.24, 2.45) is 0 Å². The molecular weight excluding hydrogens is 260 g/mol. The summed E-state index contributed by atoms with van der Waals surface area (Å²) >= 11 is 0. The Morgan fingerprint density at radius 3 is 2.30 bits per heavy atom. The van der Waals surface area contributed by atoms with E-state index in [1.165, 1.54) is 0 Å². The maximum absolute atomic E-state index is 12.0. The van der Waals surface area contributed by atoms with Crippen LogP contribution in [0.25, 0.3) is 0 Å². The second-order valence-corrected chi connectivity index (χ2v) is 5.15. The van der Waals surface area contributed by atoms with Crippen LogP contribution < -0.4 is 5.32 Å². The van der Waals surface area contributed by atoms with Gasteiger partial charge in [-0.2, -0.15) is 0 Å². The molecule has 1 N–H and O–H groups in total. The van der Waals surface area contributed by atoms with Crippen LogP contribution in [-0.2, 0) is 9.53 Å². The van der Waals surface area contributed by atoms with Crippen molar-refractivity contribution in [3.8, 4) is 0 Å². The molecule has 1 aliphatic rings. The van der Waals surface area contributed by atoms with Gasteiger partial charge >= 0.3 is 6.03 Å². The Labute approximate surface area is 120 Å². The number of carbonyl (C=O) groups excluding carboxylic acids is 2.